The Labute approximate surface area is 115 Å². The molecule has 100 valence electrons. The van der Waals surface area contributed by atoms with Gasteiger partial charge in [-0.15, -0.1) is 0 Å². The fraction of sp³-hybridized carbons (Fsp3) is 0.727. The van der Waals surface area contributed by atoms with Crippen LogP contribution < -0.4 is 11.1 Å². The molecule has 0 aliphatic heterocycles. The zero-order chi connectivity index (χ0) is 13.2. The van der Waals surface area contributed by atoms with Crippen LogP contribution in [0.4, 0.5) is 0 Å². The Balaban J connectivity index is 2.10. The van der Waals surface area contributed by atoms with E-state index in [9.17, 15) is 4.79 Å². The molecule has 3 N–H and O–H groups in total. The molecule has 0 aromatic carbocycles. The van der Waals surface area contributed by atoms with Gasteiger partial charge in [-0.05, 0) is 44.1 Å². The quantitative estimate of drug-likeness (QED) is 0.738. The number of primary amides is 1. The van der Waals surface area contributed by atoms with Crippen LogP contribution in [0.1, 0.15) is 26.7 Å². The molecule has 18 heavy (non-hydrogen) atoms. The molecule has 1 aromatic rings. The molecular weight excluding hydrogens is 268 g/mol. The summed E-state index contributed by atoms with van der Waals surface area (Å²) in [4.78, 5) is 16.0. The number of hydrogen-bond donors (Lipinski definition) is 2. The van der Waals surface area contributed by atoms with Crippen LogP contribution in [-0.4, -0.2) is 32.6 Å². The number of rotatable bonds is 7. The first-order valence-electron chi connectivity index (χ1n) is 6.01. The van der Waals surface area contributed by atoms with E-state index in [1.807, 2.05) is 13.8 Å². The van der Waals surface area contributed by atoms with Gasteiger partial charge in [-0.1, -0.05) is 11.8 Å². The third kappa shape index (κ3) is 3.02. The minimum atomic E-state index is -0.607. The summed E-state index contributed by atoms with van der Waals surface area (Å²) in [5.74, 6) is 0.730. The first-order valence-corrected chi connectivity index (χ1v) is 7.77. The van der Waals surface area contributed by atoms with Crippen molar-refractivity contribution in [2.45, 2.75) is 42.6 Å². The smallest absolute Gasteiger partial charge is 0.238 e. The van der Waals surface area contributed by atoms with Gasteiger partial charge >= 0.3 is 0 Å². The summed E-state index contributed by atoms with van der Waals surface area (Å²) in [7, 11) is 0. The van der Waals surface area contributed by atoms with Crippen molar-refractivity contribution in [3.8, 4) is 0 Å². The molecule has 0 saturated heterocycles. The molecule has 1 aliphatic carbocycles. The number of aromatic nitrogens is 2. The number of nitrogens with one attached hydrogen (secondary N) is 1. The normalized spacial score (nSPS) is 18.8. The third-order valence-corrected chi connectivity index (χ3v) is 5.02. The number of carbonyl (C=O) groups is 1. The van der Waals surface area contributed by atoms with E-state index in [1.54, 1.807) is 11.8 Å². The number of amides is 1. The van der Waals surface area contributed by atoms with Crippen molar-refractivity contribution in [2.75, 3.05) is 5.75 Å². The van der Waals surface area contributed by atoms with Crippen LogP contribution in [0.15, 0.2) is 10.7 Å². The Bertz CT molecular complexity index is 405. The molecule has 1 amide bonds. The fourth-order valence-corrected chi connectivity index (χ4v) is 3.84. The van der Waals surface area contributed by atoms with Gasteiger partial charge in [0.25, 0.3) is 0 Å². The second kappa shape index (κ2) is 5.54. The first-order chi connectivity index (χ1) is 8.54. The summed E-state index contributed by atoms with van der Waals surface area (Å²) in [6, 6.07) is 0.230. The van der Waals surface area contributed by atoms with Gasteiger partial charge in [0.15, 0.2) is 4.34 Å². The summed E-state index contributed by atoms with van der Waals surface area (Å²) in [6.07, 6.45) is 3.67. The van der Waals surface area contributed by atoms with Crippen molar-refractivity contribution in [1.82, 2.24) is 14.7 Å². The Morgan fingerprint density at radius 2 is 2.44 bits per heavy atom. The summed E-state index contributed by atoms with van der Waals surface area (Å²) in [5, 5.41) is 3.38. The van der Waals surface area contributed by atoms with Crippen molar-refractivity contribution < 1.29 is 4.79 Å². The van der Waals surface area contributed by atoms with Gasteiger partial charge in [-0.2, -0.15) is 4.37 Å². The summed E-state index contributed by atoms with van der Waals surface area (Å²) >= 11 is 2.90. The van der Waals surface area contributed by atoms with Crippen molar-refractivity contribution in [2.24, 2.45) is 11.7 Å². The second-order valence-corrected chi connectivity index (χ2v) is 6.91. The molecule has 1 fully saturated rings. The predicted molar refractivity (Wildman–Crippen MR) is 73.6 cm³/mol. The molecule has 1 aromatic heterocycles. The van der Waals surface area contributed by atoms with Crippen molar-refractivity contribution in [3.05, 3.63) is 6.33 Å². The lowest BCUT2D eigenvalue weighted by molar-refractivity contribution is -0.124. The minimum Gasteiger partial charge on any atom is -0.368 e. The lowest BCUT2D eigenvalue weighted by Gasteiger charge is -2.33. The molecule has 1 saturated carbocycles. The van der Waals surface area contributed by atoms with Crippen LogP contribution in [0.25, 0.3) is 0 Å². The fourth-order valence-electron chi connectivity index (χ4n) is 2.11. The van der Waals surface area contributed by atoms with E-state index in [-0.39, 0.29) is 11.9 Å². The van der Waals surface area contributed by atoms with Crippen molar-refractivity contribution in [1.29, 1.82) is 0 Å². The molecule has 1 heterocycles. The third-order valence-electron chi connectivity index (χ3n) is 3.02. The van der Waals surface area contributed by atoms with Gasteiger partial charge in [0.1, 0.15) is 11.9 Å². The minimum absolute atomic E-state index is 0.230. The topological polar surface area (TPSA) is 80.9 Å². The van der Waals surface area contributed by atoms with Crippen LogP contribution in [-0.2, 0) is 4.79 Å². The van der Waals surface area contributed by atoms with E-state index < -0.39 is 5.54 Å². The average molecular weight is 286 g/mol. The van der Waals surface area contributed by atoms with Crippen molar-refractivity contribution in [3.63, 3.8) is 0 Å². The highest BCUT2D eigenvalue weighted by Gasteiger charge is 2.50. The summed E-state index contributed by atoms with van der Waals surface area (Å²) in [5.41, 5.74) is 5.05. The van der Waals surface area contributed by atoms with E-state index in [0.29, 0.717) is 11.7 Å². The van der Waals surface area contributed by atoms with Gasteiger partial charge in [-0.25, -0.2) is 4.98 Å². The summed E-state index contributed by atoms with van der Waals surface area (Å²) < 4.78 is 4.84. The maximum atomic E-state index is 11.9. The Morgan fingerprint density at radius 3 is 2.89 bits per heavy atom. The largest absolute Gasteiger partial charge is 0.368 e. The van der Waals surface area contributed by atoms with E-state index in [2.05, 4.69) is 14.7 Å². The molecule has 2 rings (SSSR count). The molecular formula is C11H18N4OS2. The Kier molecular flexibility index (Phi) is 4.24. The average Bonchev–Trinajstić information content (AvgIpc) is 3.01. The van der Waals surface area contributed by atoms with Crippen LogP contribution in [0.5, 0.6) is 0 Å². The molecule has 1 unspecified atom stereocenters. The number of hydrogen-bond acceptors (Lipinski definition) is 6. The zero-order valence-electron chi connectivity index (χ0n) is 10.5. The van der Waals surface area contributed by atoms with Gasteiger partial charge in [-0.3, -0.25) is 4.79 Å². The monoisotopic (exact) mass is 286 g/mol. The molecule has 7 heteroatoms. The Morgan fingerprint density at radius 1 is 1.72 bits per heavy atom. The lowest BCUT2D eigenvalue weighted by atomic mass is 9.93. The van der Waals surface area contributed by atoms with Crippen LogP contribution in [0, 0.1) is 5.92 Å². The van der Waals surface area contributed by atoms with Crippen LogP contribution in [0.2, 0.25) is 0 Å². The maximum absolute atomic E-state index is 11.9. The standard InChI is InChI=1S/C11H18N4OS2/c1-7(2)15-11(9(12)16,8-3-4-8)5-17-10-13-6-14-18-10/h6-8,15H,3-5H2,1-2H3,(H2,12,16). The second-order valence-electron chi connectivity index (χ2n) is 4.90. The van der Waals surface area contributed by atoms with Gasteiger partial charge < -0.3 is 11.1 Å². The highest BCUT2D eigenvalue weighted by molar-refractivity contribution is 8.01. The predicted octanol–water partition coefficient (Wildman–Crippen LogP) is 1.26. The van der Waals surface area contributed by atoms with E-state index in [0.717, 1.165) is 17.2 Å². The van der Waals surface area contributed by atoms with E-state index >= 15 is 0 Å². The Hall–Kier alpha value is -0.660. The SMILES string of the molecule is CC(C)NC(CSc1ncns1)(C(N)=O)C1CC1. The van der Waals surface area contributed by atoms with E-state index in [1.165, 1.54) is 17.9 Å². The molecule has 1 aliphatic rings. The number of carbonyl (C=O) groups excluding carboxylic acids is 1. The number of nitrogens with zero attached hydrogens (tertiary/aromatic N) is 2. The van der Waals surface area contributed by atoms with Crippen molar-refractivity contribution >= 4 is 29.2 Å². The molecule has 0 radical (unpaired) electrons. The highest BCUT2D eigenvalue weighted by Crippen LogP contribution is 2.42. The zero-order valence-corrected chi connectivity index (χ0v) is 12.2. The molecule has 5 nitrogen and oxygen atoms in total. The number of nitrogens with two attached hydrogens (primary N) is 1. The molecule has 1 atom stereocenters. The van der Waals surface area contributed by atoms with Gasteiger partial charge in [0, 0.05) is 11.8 Å². The lowest BCUT2D eigenvalue weighted by Crippen LogP contribution is -2.61. The summed E-state index contributed by atoms with van der Waals surface area (Å²) in [6.45, 7) is 4.07. The van der Waals surface area contributed by atoms with Crippen LogP contribution in [0.3, 0.4) is 0 Å². The molecule has 0 bridgehead atoms. The first kappa shape index (κ1) is 13.8. The highest BCUT2D eigenvalue weighted by atomic mass is 32.2. The number of thioether (sulfide) groups is 1. The van der Waals surface area contributed by atoms with Gasteiger partial charge in [0.2, 0.25) is 5.91 Å². The molecule has 0 spiro atoms. The van der Waals surface area contributed by atoms with Gasteiger partial charge in [0.05, 0.1) is 0 Å². The van der Waals surface area contributed by atoms with Crippen LogP contribution >= 0.6 is 23.3 Å². The van der Waals surface area contributed by atoms with E-state index in [4.69, 9.17) is 5.73 Å². The maximum Gasteiger partial charge on any atom is 0.238 e.